The normalized spacial score (nSPS) is 19.3. The number of anilines is 2. The summed E-state index contributed by atoms with van der Waals surface area (Å²) in [5, 5.41) is 1.66. The van der Waals surface area contributed by atoms with E-state index < -0.39 is 16.9 Å². The van der Waals surface area contributed by atoms with Crippen molar-refractivity contribution in [3.05, 3.63) is 112 Å². The zero-order valence-corrected chi connectivity index (χ0v) is 34.7. The molecule has 1 amide bonds. The Morgan fingerprint density at radius 2 is 1.85 bits per heavy atom. The lowest BCUT2D eigenvalue weighted by atomic mass is 9.59. The SMILES string of the molecule is Nc1ccc(S(=O)NC(=O)c2ccc(N3CCN(CC4=C(c5ccc(Cl)cc5)CC5(CCC5)CC4)CC3)cc2Oc2cnc3[nH]ccc3c2)cc1C=NC1CCOCC1. The second-order valence-corrected chi connectivity index (χ2v) is 18.0. The predicted octanol–water partition coefficient (Wildman–Crippen LogP) is 8.57. The predicted molar refractivity (Wildman–Crippen MR) is 236 cm³/mol. The monoisotopic (exact) mass is 831 g/mol. The molecule has 1 unspecified atom stereocenters. The summed E-state index contributed by atoms with van der Waals surface area (Å²) in [4.78, 5) is 31.5. The van der Waals surface area contributed by atoms with Gasteiger partial charge in [-0.05, 0) is 116 Å². The highest BCUT2D eigenvalue weighted by Gasteiger charge is 2.41. The molecule has 2 aliphatic carbocycles. The maximum atomic E-state index is 13.9. The minimum Gasteiger partial charge on any atom is -0.455 e. The lowest BCUT2D eigenvalue weighted by Gasteiger charge is -2.47. The fourth-order valence-electron chi connectivity index (χ4n) is 8.90. The molecule has 5 aromatic rings. The summed E-state index contributed by atoms with van der Waals surface area (Å²) in [6.45, 7) is 5.82. The number of benzene rings is 3. The number of piperazine rings is 1. The molecule has 3 fully saturated rings. The number of pyridine rings is 1. The fraction of sp³-hybridized carbons (Fsp3) is 0.370. The number of aromatic nitrogens is 2. The van der Waals surface area contributed by atoms with Crippen LogP contribution in [-0.2, 0) is 15.7 Å². The third-order valence-corrected chi connectivity index (χ3v) is 13.9. The van der Waals surface area contributed by atoms with Crippen molar-refractivity contribution in [1.29, 1.82) is 0 Å². The molecule has 2 aromatic heterocycles. The van der Waals surface area contributed by atoms with Gasteiger partial charge in [-0.15, -0.1) is 0 Å². The van der Waals surface area contributed by atoms with Crippen molar-refractivity contribution in [3.8, 4) is 11.5 Å². The van der Waals surface area contributed by atoms with Crippen LogP contribution < -0.4 is 20.1 Å². The molecule has 9 rings (SSSR count). The van der Waals surface area contributed by atoms with Crippen molar-refractivity contribution in [3.63, 3.8) is 0 Å². The Morgan fingerprint density at radius 1 is 1.03 bits per heavy atom. The first-order valence-corrected chi connectivity index (χ1v) is 22.2. The molecule has 0 bridgehead atoms. The van der Waals surface area contributed by atoms with Crippen LogP contribution in [0.5, 0.6) is 11.5 Å². The minimum absolute atomic E-state index is 0.156. The third kappa shape index (κ3) is 8.96. The first-order valence-electron chi connectivity index (χ1n) is 20.7. The number of aliphatic imine (C=N–C) groups is 1. The van der Waals surface area contributed by atoms with E-state index in [9.17, 15) is 9.00 Å². The molecule has 59 heavy (non-hydrogen) atoms. The Labute approximate surface area is 352 Å². The summed E-state index contributed by atoms with van der Waals surface area (Å²) in [5.41, 5.74) is 14.3. The summed E-state index contributed by atoms with van der Waals surface area (Å²) >= 11 is 6.29. The van der Waals surface area contributed by atoms with Gasteiger partial charge in [0.15, 0.2) is 11.0 Å². The molecule has 1 spiro atoms. The lowest BCUT2D eigenvalue weighted by molar-refractivity contribution is 0.0872. The minimum atomic E-state index is -1.88. The molecule has 1 saturated carbocycles. The summed E-state index contributed by atoms with van der Waals surface area (Å²) in [6, 6.07) is 23.0. The molecule has 306 valence electrons. The molecule has 4 N–H and O–H groups in total. The van der Waals surface area contributed by atoms with E-state index in [0.29, 0.717) is 46.3 Å². The van der Waals surface area contributed by atoms with Gasteiger partial charge in [0.25, 0.3) is 5.91 Å². The number of hydrogen-bond acceptors (Lipinski definition) is 9. The van der Waals surface area contributed by atoms with Crippen molar-refractivity contribution in [2.75, 3.05) is 56.6 Å². The van der Waals surface area contributed by atoms with E-state index >= 15 is 0 Å². The average Bonchev–Trinajstić information content (AvgIpc) is 3.72. The Bertz CT molecular complexity index is 2410. The van der Waals surface area contributed by atoms with Crippen LogP contribution in [0.4, 0.5) is 11.4 Å². The maximum absolute atomic E-state index is 13.9. The van der Waals surface area contributed by atoms with Gasteiger partial charge in [0.1, 0.15) is 17.1 Å². The van der Waals surface area contributed by atoms with E-state index in [1.807, 2.05) is 42.6 Å². The smallest absolute Gasteiger partial charge is 0.266 e. The number of allylic oxidation sites excluding steroid dienone is 1. The number of halogens is 1. The number of aromatic amines is 1. The molecule has 13 heteroatoms. The quantitative estimate of drug-likeness (QED) is 0.0890. The Hall–Kier alpha value is -5.01. The van der Waals surface area contributed by atoms with E-state index in [1.165, 1.54) is 43.2 Å². The van der Waals surface area contributed by atoms with Crippen LogP contribution in [0.3, 0.4) is 0 Å². The summed E-state index contributed by atoms with van der Waals surface area (Å²) in [7, 11) is -1.88. The highest BCUT2D eigenvalue weighted by atomic mass is 35.5. The maximum Gasteiger partial charge on any atom is 0.266 e. The van der Waals surface area contributed by atoms with Gasteiger partial charge in [0, 0.05) is 91.8 Å². The van der Waals surface area contributed by atoms with Crippen LogP contribution in [-0.4, -0.2) is 83.2 Å². The number of nitrogens with zero attached hydrogens (tertiary/aromatic N) is 4. The van der Waals surface area contributed by atoms with Gasteiger partial charge < -0.3 is 25.1 Å². The van der Waals surface area contributed by atoms with Crippen molar-refractivity contribution >= 4 is 62.7 Å². The standard InChI is InChI=1S/C46H50ClN7O4S/c47-35-4-2-31(3-5-35)41-27-46(14-1-15-46)16-10-33(41)30-53-18-20-54(21-19-53)37-6-8-40(43(26-37)58-38-24-32-11-17-49-44(32)51-29-38)45(55)52-59(56)39-7-9-42(48)34(25-39)28-50-36-12-22-57-23-13-36/h2-9,11,17,24-26,28-29,36H,1,10,12-16,18-23,27,30,48H2,(H,49,51)(H,52,55). The fourth-order valence-corrected chi connectivity index (χ4v) is 9.85. The van der Waals surface area contributed by atoms with E-state index in [2.05, 4.69) is 41.6 Å². The largest absolute Gasteiger partial charge is 0.455 e. The summed E-state index contributed by atoms with van der Waals surface area (Å²) in [5.74, 6) is 0.310. The highest BCUT2D eigenvalue weighted by molar-refractivity contribution is 7.83. The van der Waals surface area contributed by atoms with Crippen molar-refractivity contribution in [1.82, 2.24) is 19.6 Å². The first-order chi connectivity index (χ1) is 28.8. The molecular formula is C46H50ClN7O4S. The number of hydrogen-bond donors (Lipinski definition) is 3. The average molecular weight is 832 g/mol. The van der Waals surface area contributed by atoms with Gasteiger partial charge in [-0.25, -0.2) is 9.19 Å². The zero-order valence-electron chi connectivity index (χ0n) is 33.1. The molecule has 1 atom stereocenters. The van der Waals surface area contributed by atoms with E-state index in [-0.39, 0.29) is 11.6 Å². The number of nitrogens with two attached hydrogens (primary N) is 1. The summed E-state index contributed by atoms with van der Waals surface area (Å²) in [6.07, 6.45) is 14.5. The second-order valence-electron chi connectivity index (χ2n) is 16.4. The Balaban J connectivity index is 0.915. The van der Waals surface area contributed by atoms with Crippen LogP contribution >= 0.6 is 11.6 Å². The molecule has 2 aliphatic heterocycles. The van der Waals surface area contributed by atoms with Gasteiger partial charge in [0.05, 0.1) is 22.7 Å². The number of nitrogen functional groups attached to an aromatic ring is 1. The van der Waals surface area contributed by atoms with Crippen LogP contribution in [0, 0.1) is 5.41 Å². The van der Waals surface area contributed by atoms with Gasteiger partial charge >= 0.3 is 0 Å². The molecule has 2 saturated heterocycles. The van der Waals surface area contributed by atoms with Crippen LogP contribution in [0.2, 0.25) is 5.02 Å². The van der Waals surface area contributed by atoms with Gasteiger partial charge in [-0.1, -0.05) is 35.7 Å². The van der Waals surface area contributed by atoms with Gasteiger partial charge in [-0.3, -0.25) is 19.4 Å². The molecular weight excluding hydrogens is 782 g/mol. The molecule has 0 radical (unpaired) electrons. The number of nitrogens with one attached hydrogen (secondary N) is 2. The third-order valence-electron chi connectivity index (χ3n) is 12.6. The van der Waals surface area contributed by atoms with Crippen molar-refractivity contribution < 1.29 is 18.5 Å². The molecule has 11 nitrogen and oxygen atoms in total. The van der Waals surface area contributed by atoms with Crippen LogP contribution in [0.1, 0.15) is 72.9 Å². The Morgan fingerprint density at radius 3 is 2.63 bits per heavy atom. The van der Waals surface area contributed by atoms with E-state index in [4.69, 9.17) is 26.8 Å². The van der Waals surface area contributed by atoms with Gasteiger partial charge in [-0.2, -0.15) is 0 Å². The van der Waals surface area contributed by atoms with Crippen LogP contribution in [0.15, 0.2) is 101 Å². The number of ether oxygens (including phenoxy) is 2. The number of carbonyl (C=O) groups excluding carboxylic acids is 1. The Kier molecular flexibility index (Phi) is 11.6. The second kappa shape index (κ2) is 17.3. The lowest BCUT2D eigenvalue weighted by Crippen LogP contribution is -2.47. The van der Waals surface area contributed by atoms with Gasteiger partial charge in [0.2, 0.25) is 0 Å². The summed E-state index contributed by atoms with van der Waals surface area (Å²) < 4.78 is 28.2. The molecule has 4 aliphatic rings. The number of carbonyl (C=O) groups is 1. The highest BCUT2D eigenvalue weighted by Crippen LogP contribution is 2.55. The number of amides is 1. The van der Waals surface area contributed by atoms with E-state index in [1.54, 1.807) is 42.3 Å². The zero-order chi connectivity index (χ0) is 40.3. The van der Waals surface area contributed by atoms with Crippen molar-refractivity contribution in [2.24, 2.45) is 10.4 Å². The van der Waals surface area contributed by atoms with Crippen molar-refractivity contribution in [2.45, 2.75) is 62.3 Å². The number of H-pyrrole nitrogens is 1. The molecule has 3 aromatic carbocycles. The van der Waals surface area contributed by atoms with Crippen LogP contribution in [0.25, 0.3) is 16.6 Å². The molecule has 4 heterocycles. The topological polar surface area (TPSA) is 138 Å². The van der Waals surface area contributed by atoms with E-state index in [0.717, 1.165) is 73.7 Å². The first kappa shape index (κ1) is 39.5. The number of fused-ring (bicyclic) bond motifs is 1. The number of rotatable bonds is 11.